The highest BCUT2D eigenvalue weighted by atomic mass is 79.9. The molecular formula is C13H10BrClN2O. The summed E-state index contributed by atoms with van der Waals surface area (Å²) in [4.78, 5) is 11.8. The van der Waals surface area contributed by atoms with Crippen LogP contribution in [0, 0.1) is 0 Å². The van der Waals surface area contributed by atoms with Gasteiger partial charge in [0.05, 0.1) is 5.69 Å². The van der Waals surface area contributed by atoms with E-state index >= 15 is 0 Å². The minimum absolute atomic E-state index is 0.316. The van der Waals surface area contributed by atoms with Gasteiger partial charge in [0.25, 0.3) is 0 Å². The lowest BCUT2D eigenvalue weighted by Gasteiger charge is -2.09. The smallest absolute Gasteiger partial charge is 0.308 e. The molecule has 0 aliphatic carbocycles. The van der Waals surface area contributed by atoms with Crippen molar-refractivity contribution >= 4 is 44.9 Å². The third-order valence-electron chi connectivity index (χ3n) is 2.20. The Morgan fingerprint density at radius 3 is 2.56 bits per heavy atom. The summed E-state index contributed by atoms with van der Waals surface area (Å²) in [5, 5.41) is 6.02. The Hall–Kier alpha value is -1.52. The predicted octanol–water partition coefficient (Wildman–Crippen LogP) is 4.75. The van der Waals surface area contributed by atoms with E-state index < -0.39 is 0 Å². The fourth-order valence-corrected chi connectivity index (χ4v) is 1.99. The molecule has 0 saturated heterocycles. The van der Waals surface area contributed by atoms with Gasteiger partial charge in [0, 0.05) is 15.2 Å². The van der Waals surface area contributed by atoms with Crippen molar-refractivity contribution in [3.8, 4) is 0 Å². The molecule has 18 heavy (non-hydrogen) atoms. The molecule has 0 radical (unpaired) electrons. The molecule has 92 valence electrons. The second-order valence-electron chi connectivity index (χ2n) is 3.57. The number of hydrogen-bond donors (Lipinski definition) is 2. The largest absolute Gasteiger partial charge is 0.323 e. The molecule has 0 aromatic heterocycles. The van der Waals surface area contributed by atoms with Crippen molar-refractivity contribution in [1.82, 2.24) is 0 Å². The number of benzene rings is 2. The van der Waals surface area contributed by atoms with Crippen molar-refractivity contribution in [3.05, 3.63) is 58.0 Å². The topological polar surface area (TPSA) is 41.1 Å². The van der Waals surface area contributed by atoms with E-state index in [9.17, 15) is 4.79 Å². The zero-order valence-corrected chi connectivity index (χ0v) is 11.6. The molecule has 0 saturated carbocycles. The van der Waals surface area contributed by atoms with E-state index in [2.05, 4.69) is 26.6 Å². The highest BCUT2D eigenvalue weighted by Crippen LogP contribution is 2.21. The summed E-state index contributed by atoms with van der Waals surface area (Å²) in [5.74, 6) is 0. The molecule has 0 aliphatic heterocycles. The van der Waals surface area contributed by atoms with Gasteiger partial charge < -0.3 is 10.6 Å². The Morgan fingerprint density at radius 1 is 1.06 bits per heavy atom. The van der Waals surface area contributed by atoms with Crippen LogP contribution in [0.1, 0.15) is 0 Å². The summed E-state index contributed by atoms with van der Waals surface area (Å²) in [7, 11) is 0. The van der Waals surface area contributed by atoms with Crippen LogP contribution in [0.2, 0.25) is 5.02 Å². The van der Waals surface area contributed by atoms with Gasteiger partial charge in [-0.15, -0.1) is 0 Å². The minimum atomic E-state index is -0.316. The van der Waals surface area contributed by atoms with Crippen LogP contribution in [-0.4, -0.2) is 6.03 Å². The van der Waals surface area contributed by atoms with Crippen LogP contribution in [0.4, 0.5) is 16.2 Å². The van der Waals surface area contributed by atoms with Gasteiger partial charge in [-0.1, -0.05) is 29.8 Å². The third kappa shape index (κ3) is 3.48. The Morgan fingerprint density at radius 2 is 1.83 bits per heavy atom. The summed E-state index contributed by atoms with van der Waals surface area (Å²) in [6, 6.07) is 14.0. The highest BCUT2D eigenvalue weighted by molar-refractivity contribution is 9.10. The predicted molar refractivity (Wildman–Crippen MR) is 78.2 cm³/mol. The number of para-hydroxylation sites is 1. The standard InChI is InChI=1S/C13H10BrClN2O/c14-11-6-1-2-7-12(11)17-13(18)16-10-5-3-4-9(15)8-10/h1-8H,(H2,16,17,18). The first kappa shape index (κ1) is 12.9. The molecule has 0 atom stereocenters. The molecule has 0 unspecified atom stereocenters. The fourth-order valence-electron chi connectivity index (χ4n) is 1.41. The Kier molecular flexibility index (Phi) is 4.23. The number of nitrogens with one attached hydrogen (secondary N) is 2. The van der Waals surface area contributed by atoms with Crippen LogP contribution < -0.4 is 10.6 Å². The maximum atomic E-state index is 11.8. The Labute approximate surface area is 118 Å². The molecular weight excluding hydrogens is 316 g/mol. The van der Waals surface area contributed by atoms with Crippen molar-refractivity contribution < 1.29 is 4.79 Å². The molecule has 0 spiro atoms. The lowest BCUT2D eigenvalue weighted by molar-refractivity contribution is 0.262. The van der Waals surface area contributed by atoms with Crippen LogP contribution in [-0.2, 0) is 0 Å². The maximum absolute atomic E-state index is 11.8. The number of urea groups is 1. The Bertz CT molecular complexity index is 574. The quantitative estimate of drug-likeness (QED) is 0.822. The molecule has 0 aliphatic rings. The molecule has 2 amide bonds. The van der Waals surface area contributed by atoms with Gasteiger partial charge in [0.2, 0.25) is 0 Å². The summed E-state index contributed by atoms with van der Waals surface area (Å²) >= 11 is 9.19. The molecule has 2 rings (SSSR count). The van der Waals surface area contributed by atoms with Gasteiger partial charge in [-0.3, -0.25) is 0 Å². The van der Waals surface area contributed by atoms with Gasteiger partial charge >= 0.3 is 6.03 Å². The first-order chi connectivity index (χ1) is 8.65. The first-order valence-electron chi connectivity index (χ1n) is 5.23. The summed E-state index contributed by atoms with van der Waals surface area (Å²) < 4.78 is 0.825. The minimum Gasteiger partial charge on any atom is -0.308 e. The monoisotopic (exact) mass is 324 g/mol. The van der Waals surface area contributed by atoms with Crippen molar-refractivity contribution in [2.24, 2.45) is 0 Å². The van der Waals surface area contributed by atoms with Crippen LogP contribution in [0.5, 0.6) is 0 Å². The molecule has 0 bridgehead atoms. The zero-order chi connectivity index (χ0) is 13.0. The first-order valence-corrected chi connectivity index (χ1v) is 6.40. The van der Waals surface area contributed by atoms with Crippen LogP contribution in [0.25, 0.3) is 0 Å². The van der Waals surface area contributed by atoms with E-state index in [4.69, 9.17) is 11.6 Å². The second kappa shape index (κ2) is 5.89. The summed E-state index contributed by atoms with van der Waals surface area (Å²) in [5.41, 5.74) is 1.35. The van der Waals surface area contributed by atoms with Crippen LogP contribution >= 0.6 is 27.5 Å². The lowest BCUT2D eigenvalue weighted by atomic mass is 10.3. The van der Waals surface area contributed by atoms with Gasteiger partial charge in [-0.2, -0.15) is 0 Å². The molecule has 2 aromatic carbocycles. The number of carbonyl (C=O) groups excluding carboxylic acids is 1. The van der Waals surface area contributed by atoms with E-state index in [-0.39, 0.29) is 6.03 Å². The number of carbonyl (C=O) groups is 1. The maximum Gasteiger partial charge on any atom is 0.323 e. The molecule has 0 fully saturated rings. The average Bonchev–Trinajstić information content (AvgIpc) is 2.32. The van der Waals surface area contributed by atoms with Gasteiger partial charge in [-0.05, 0) is 46.3 Å². The van der Waals surface area contributed by atoms with Crippen molar-refractivity contribution in [1.29, 1.82) is 0 Å². The van der Waals surface area contributed by atoms with E-state index in [1.807, 2.05) is 24.3 Å². The van der Waals surface area contributed by atoms with Crippen molar-refractivity contribution in [2.45, 2.75) is 0 Å². The summed E-state index contributed by atoms with van der Waals surface area (Å²) in [6.07, 6.45) is 0. The lowest BCUT2D eigenvalue weighted by Crippen LogP contribution is -2.19. The molecule has 3 nitrogen and oxygen atoms in total. The van der Waals surface area contributed by atoms with Gasteiger partial charge in [0.15, 0.2) is 0 Å². The van der Waals surface area contributed by atoms with Crippen molar-refractivity contribution in [2.75, 3.05) is 10.6 Å². The van der Waals surface area contributed by atoms with Gasteiger partial charge in [0.1, 0.15) is 0 Å². The van der Waals surface area contributed by atoms with Crippen molar-refractivity contribution in [3.63, 3.8) is 0 Å². The number of rotatable bonds is 2. The number of hydrogen-bond acceptors (Lipinski definition) is 1. The van der Waals surface area contributed by atoms with E-state index in [0.717, 1.165) is 4.47 Å². The molecule has 2 N–H and O–H groups in total. The normalized spacial score (nSPS) is 9.89. The molecule has 5 heteroatoms. The number of halogens is 2. The molecule has 0 heterocycles. The molecule has 2 aromatic rings. The van der Waals surface area contributed by atoms with E-state index in [0.29, 0.717) is 16.4 Å². The zero-order valence-electron chi connectivity index (χ0n) is 9.28. The van der Waals surface area contributed by atoms with Gasteiger partial charge in [-0.25, -0.2) is 4.79 Å². The number of amides is 2. The Balaban J connectivity index is 2.03. The van der Waals surface area contributed by atoms with Crippen LogP contribution in [0.15, 0.2) is 53.0 Å². The second-order valence-corrected chi connectivity index (χ2v) is 4.86. The van der Waals surface area contributed by atoms with Crippen LogP contribution in [0.3, 0.4) is 0 Å². The fraction of sp³-hybridized carbons (Fsp3) is 0. The SMILES string of the molecule is O=C(Nc1cccc(Cl)c1)Nc1ccccc1Br. The summed E-state index contributed by atoms with van der Waals surface area (Å²) in [6.45, 7) is 0. The highest BCUT2D eigenvalue weighted by Gasteiger charge is 2.05. The average molecular weight is 326 g/mol. The third-order valence-corrected chi connectivity index (χ3v) is 3.13. The van der Waals surface area contributed by atoms with E-state index in [1.54, 1.807) is 24.3 Å². The number of anilines is 2. The van der Waals surface area contributed by atoms with E-state index in [1.165, 1.54) is 0 Å².